The Morgan fingerprint density at radius 2 is 1.81 bits per heavy atom. The maximum atomic E-state index is 10.9. The monoisotopic (exact) mass is 282 g/mol. The minimum atomic E-state index is -0.346. The fourth-order valence-corrected chi connectivity index (χ4v) is 3.03. The van der Waals surface area contributed by atoms with E-state index in [0.717, 1.165) is 18.4 Å². The smallest absolute Gasteiger partial charge is 0.269 e. The maximum Gasteiger partial charge on any atom is 0.269 e. The van der Waals surface area contributed by atoms with Crippen LogP contribution in [0.4, 0.5) is 5.69 Å². The van der Waals surface area contributed by atoms with Crippen molar-refractivity contribution in [1.29, 1.82) is 0 Å². The highest BCUT2D eigenvalue weighted by molar-refractivity contribution is 5.36. The van der Waals surface area contributed by atoms with Gasteiger partial charge in [-0.05, 0) is 36.5 Å². The van der Waals surface area contributed by atoms with Crippen molar-refractivity contribution < 1.29 is 4.92 Å². The lowest BCUT2D eigenvalue weighted by Crippen LogP contribution is -2.32. The Hall–Kier alpha value is -2.20. The van der Waals surface area contributed by atoms with E-state index >= 15 is 0 Å². The van der Waals surface area contributed by atoms with Crippen molar-refractivity contribution in [2.75, 3.05) is 0 Å². The van der Waals surface area contributed by atoms with Crippen molar-refractivity contribution in [3.63, 3.8) is 0 Å². The quantitative estimate of drug-likeness (QED) is 0.690. The molecule has 2 aromatic rings. The molecule has 108 valence electrons. The highest BCUT2D eigenvalue weighted by atomic mass is 16.6. The number of hydrogen-bond donors (Lipinski definition) is 1. The van der Waals surface area contributed by atoms with Gasteiger partial charge >= 0.3 is 0 Å². The van der Waals surface area contributed by atoms with Gasteiger partial charge in [0.15, 0.2) is 0 Å². The van der Waals surface area contributed by atoms with E-state index in [1.807, 2.05) is 6.07 Å². The second kappa shape index (κ2) is 5.66. The zero-order valence-electron chi connectivity index (χ0n) is 12.0. The molecule has 0 spiro atoms. The summed E-state index contributed by atoms with van der Waals surface area (Å²) in [5.74, 6) is 0. The molecule has 0 fully saturated rings. The molecule has 1 atom stereocenters. The molecule has 0 radical (unpaired) electrons. The average molecular weight is 282 g/mol. The van der Waals surface area contributed by atoms with Crippen LogP contribution in [0.2, 0.25) is 0 Å². The van der Waals surface area contributed by atoms with Crippen LogP contribution in [0, 0.1) is 10.1 Å². The lowest BCUT2D eigenvalue weighted by Gasteiger charge is -2.19. The molecule has 0 aromatic heterocycles. The Morgan fingerprint density at radius 1 is 1.14 bits per heavy atom. The number of fused-ring (bicyclic) bond motifs is 1. The lowest BCUT2D eigenvalue weighted by molar-refractivity contribution is -0.384. The van der Waals surface area contributed by atoms with Crippen LogP contribution in [0.5, 0.6) is 0 Å². The Kier molecular flexibility index (Phi) is 3.71. The van der Waals surface area contributed by atoms with E-state index in [9.17, 15) is 10.1 Å². The molecule has 1 aliphatic carbocycles. The van der Waals surface area contributed by atoms with Crippen LogP contribution < -0.4 is 5.32 Å². The number of nitro groups is 1. The number of benzene rings is 2. The van der Waals surface area contributed by atoms with E-state index in [1.165, 1.54) is 17.2 Å². The summed E-state index contributed by atoms with van der Waals surface area (Å²) >= 11 is 0. The van der Waals surface area contributed by atoms with Crippen LogP contribution in [0.15, 0.2) is 48.5 Å². The van der Waals surface area contributed by atoms with Gasteiger partial charge in [-0.1, -0.05) is 36.4 Å². The first-order valence-electron chi connectivity index (χ1n) is 7.20. The molecular weight excluding hydrogens is 264 g/mol. The molecule has 0 bridgehead atoms. The second-order valence-electron chi connectivity index (χ2n) is 5.61. The summed E-state index contributed by atoms with van der Waals surface area (Å²) in [7, 11) is 0. The molecule has 0 aliphatic heterocycles. The molecule has 0 amide bonds. The summed E-state index contributed by atoms with van der Waals surface area (Å²) in [6.45, 7) is 2.06. The molecule has 2 aromatic carbocycles. The largest absolute Gasteiger partial charge is 0.307 e. The van der Waals surface area contributed by atoms with Crippen molar-refractivity contribution in [3.8, 4) is 0 Å². The van der Waals surface area contributed by atoms with Gasteiger partial charge in [0.2, 0.25) is 0 Å². The normalized spacial score (nSPS) is 15.7. The highest BCUT2D eigenvalue weighted by Crippen LogP contribution is 2.25. The van der Waals surface area contributed by atoms with Gasteiger partial charge in [-0.3, -0.25) is 10.1 Å². The van der Waals surface area contributed by atoms with E-state index in [2.05, 4.69) is 36.5 Å². The third-order valence-electron chi connectivity index (χ3n) is 4.12. The molecular formula is C17H18N2O2. The summed E-state index contributed by atoms with van der Waals surface area (Å²) in [5.41, 5.74) is 3.92. The second-order valence-corrected chi connectivity index (χ2v) is 5.61. The van der Waals surface area contributed by atoms with Crippen LogP contribution in [-0.4, -0.2) is 11.0 Å². The standard InChI is InChI=1S/C17H18N2O2/c1-12(13-7-4-8-17(11-13)19(20)21)18-16-9-14-5-2-3-6-15(14)10-16/h2-8,11-12,16,18H,9-10H2,1H3. The van der Waals surface area contributed by atoms with Gasteiger partial charge in [-0.25, -0.2) is 0 Å². The van der Waals surface area contributed by atoms with E-state index in [4.69, 9.17) is 0 Å². The van der Waals surface area contributed by atoms with Crippen LogP contribution >= 0.6 is 0 Å². The predicted octanol–water partition coefficient (Wildman–Crippen LogP) is 3.41. The van der Waals surface area contributed by atoms with Gasteiger partial charge in [0, 0.05) is 24.2 Å². The number of non-ortho nitro benzene ring substituents is 1. The van der Waals surface area contributed by atoms with Crippen LogP contribution in [0.25, 0.3) is 0 Å². The lowest BCUT2D eigenvalue weighted by atomic mass is 10.1. The molecule has 4 heteroatoms. The molecule has 1 unspecified atom stereocenters. The Bertz CT molecular complexity index is 644. The van der Waals surface area contributed by atoms with Crippen molar-refractivity contribution in [1.82, 2.24) is 5.32 Å². The molecule has 3 rings (SSSR count). The van der Waals surface area contributed by atoms with E-state index in [0.29, 0.717) is 6.04 Å². The first kappa shape index (κ1) is 13.8. The minimum Gasteiger partial charge on any atom is -0.307 e. The summed E-state index contributed by atoms with van der Waals surface area (Å²) < 4.78 is 0. The first-order valence-corrected chi connectivity index (χ1v) is 7.20. The van der Waals surface area contributed by atoms with Crippen LogP contribution in [0.1, 0.15) is 29.7 Å². The number of nitrogens with one attached hydrogen (secondary N) is 1. The zero-order chi connectivity index (χ0) is 14.8. The predicted molar refractivity (Wildman–Crippen MR) is 82.3 cm³/mol. The van der Waals surface area contributed by atoms with E-state index in [1.54, 1.807) is 12.1 Å². The van der Waals surface area contributed by atoms with Gasteiger partial charge < -0.3 is 5.32 Å². The molecule has 1 aliphatic rings. The number of nitrogens with zero attached hydrogens (tertiary/aromatic N) is 1. The van der Waals surface area contributed by atoms with Gasteiger partial charge in [-0.15, -0.1) is 0 Å². The molecule has 0 saturated heterocycles. The Balaban J connectivity index is 1.69. The SMILES string of the molecule is CC(NC1Cc2ccccc2C1)c1cccc([N+](=O)[O-])c1. The average Bonchev–Trinajstić information content (AvgIpc) is 2.89. The third-order valence-corrected chi connectivity index (χ3v) is 4.12. The molecule has 1 N–H and O–H groups in total. The summed E-state index contributed by atoms with van der Waals surface area (Å²) in [6, 6.07) is 15.9. The van der Waals surface area contributed by atoms with Crippen molar-refractivity contribution in [3.05, 3.63) is 75.3 Å². The highest BCUT2D eigenvalue weighted by Gasteiger charge is 2.22. The van der Waals surface area contributed by atoms with Gasteiger partial charge in [-0.2, -0.15) is 0 Å². The van der Waals surface area contributed by atoms with Gasteiger partial charge in [0.1, 0.15) is 0 Å². The van der Waals surface area contributed by atoms with Gasteiger partial charge in [0.25, 0.3) is 5.69 Å². The Morgan fingerprint density at radius 3 is 2.43 bits per heavy atom. The van der Waals surface area contributed by atoms with Gasteiger partial charge in [0.05, 0.1) is 4.92 Å². The summed E-state index contributed by atoms with van der Waals surface area (Å²) in [4.78, 5) is 10.5. The number of rotatable bonds is 4. The zero-order valence-corrected chi connectivity index (χ0v) is 12.0. The van der Waals surface area contributed by atoms with E-state index in [-0.39, 0.29) is 16.7 Å². The third kappa shape index (κ3) is 2.95. The van der Waals surface area contributed by atoms with Crippen LogP contribution in [0.3, 0.4) is 0 Å². The molecule has 21 heavy (non-hydrogen) atoms. The topological polar surface area (TPSA) is 55.2 Å². The fourth-order valence-electron chi connectivity index (χ4n) is 3.03. The van der Waals surface area contributed by atoms with Crippen LogP contribution in [-0.2, 0) is 12.8 Å². The van der Waals surface area contributed by atoms with Crippen molar-refractivity contribution >= 4 is 5.69 Å². The Labute approximate surface area is 124 Å². The molecule has 0 saturated carbocycles. The summed E-state index contributed by atoms with van der Waals surface area (Å²) in [5, 5.41) is 14.4. The minimum absolute atomic E-state index is 0.101. The number of nitro benzene ring substituents is 1. The maximum absolute atomic E-state index is 10.9. The van der Waals surface area contributed by atoms with Crippen molar-refractivity contribution in [2.45, 2.75) is 31.8 Å². The first-order chi connectivity index (χ1) is 10.1. The summed E-state index contributed by atoms with van der Waals surface area (Å²) in [6.07, 6.45) is 2.05. The fraction of sp³-hybridized carbons (Fsp3) is 0.294. The number of hydrogen-bond acceptors (Lipinski definition) is 3. The molecule has 0 heterocycles. The van der Waals surface area contributed by atoms with Crippen molar-refractivity contribution in [2.24, 2.45) is 0 Å². The van der Waals surface area contributed by atoms with E-state index < -0.39 is 0 Å². The molecule has 4 nitrogen and oxygen atoms in total.